The second-order valence-corrected chi connectivity index (χ2v) is 17.6. The van der Waals surface area contributed by atoms with Gasteiger partial charge in [-0.25, -0.2) is 0 Å². The fourth-order valence-corrected chi connectivity index (χ4v) is 4.17. The molecule has 0 aliphatic heterocycles. The van der Waals surface area contributed by atoms with Crippen molar-refractivity contribution in [2.45, 2.75) is 77.5 Å². The van der Waals surface area contributed by atoms with E-state index in [9.17, 15) is 9.59 Å². The van der Waals surface area contributed by atoms with E-state index in [1.807, 2.05) is 12.2 Å². The standard InChI is InChI=1S/C19H34O4Si2/c1-24(2,3)22-15-17(20)12-10-8-7-9-11-16-13-18(14-19(16)21)23-25(4,5)6/h7,9,13,18H,8,10-12,14-15H2,1-6H3/b9-7-/t18-/m0/s1. The highest BCUT2D eigenvalue weighted by Crippen LogP contribution is 2.23. The summed E-state index contributed by atoms with van der Waals surface area (Å²) < 4.78 is 11.6. The third-order valence-electron chi connectivity index (χ3n) is 3.63. The summed E-state index contributed by atoms with van der Waals surface area (Å²) in [5.74, 6) is 0.377. The number of hydrogen-bond acceptors (Lipinski definition) is 4. The van der Waals surface area contributed by atoms with Gasteiger partial charge < -0.3 is 8.85 Å². The van der Waals surface area contributed by atoms with Crippen LogP contribution in [0.2, 0.25) is 39.3 Å². The van der Waals surface area contributed by atoms with Crippen LogP contribution in [0.25, 0.3) is 0 Å². The van der Waals surface area contributed by atoms with Gasteiger partial charge in [0.05, 0.1) is 12.7 Å². The maximum Gasteiger partial charge on any atom is 0.184 e. The Morgan fingerprint density at radius 3 is 2.44 bits per heavy atom. The van der Waals surface area contributed by atoms with Crippen molar-refractivity contribution < 1.29 is 18.4 Å². The van der Waals surface area contributed by atoms with Crippen LogP contribution in [0.1, 0.15) is 32.1 Å². The summed E-state index contributed by atoms with van der Waals surface area (Å²) >= 11 is 0. The maximum absolute atomic E-state index is 12.0. The zero-order valence-corrected chi connectivity index (χ0v) is 18.7. The van der Waals surface area contributed by atoms with Crippen molar-refractivity contribution in [3.8, 4) is 0 Å². The molecule has 0 spiro atoms. The molecule has 0 aromatic carbocycles. The van der Waals surface area contributed by atoms with Gasteiger partial charge in [-0.15, -0.1) is 0 Å². The van der Waals surface area contributed by atoms with Crippen LogP contribution in [0.5, 0.6) is 0 Å². The summed E-state index contributed by atoms with van der Waals surface area (Å²) in [6.45, 7) is 12.9. The molecular weight excluding hydrogens is 348 g/mol. The number of hydrogen-bond donors (Lipinski definition) is 0. The van der Waals surface area contributed by atoms with Gasteiger partial charge >= 0.3 is 0 Å². The van der Waals surface area contributed by atoms with Gasteiger partial charge in [0.25, 0.3) is 0 Å². The quantitative estimate of drug-likeness (QED) is 0.297. The third-order valence-corrected chi connectivity index (χ3v) is 5.65. The van der Waals surface area contributed by atoms with E-state index in [0.29, 0.717) is 19.3 Å². The van der Waals surface area contributed by atoms with Crippen molar-refractivity contribution in [2.24, 2.45) is 0 Å². The molecule has 0 heterocycles. The van der Waals surface area contributed by atoms with E-state index in [0.717, 1.165) is 18.4 Å². The highest BCUT2D eigenvalue weighted by Gasteiger charge is 2.28. The van der Waals surface area contributed by atoms with E-state index in [1.54, 1.807) is 0 Å². The Hall–Kier alpha value is -0.826. The second kappa shape index (κ2) is 9.76. The topological polar surface area (TPSA) is 52.6 Å². The van der Waals surface area contributed by atoms with Crippen LogP contribution in [-0.4, -0.2) is 40.9 Å². The number of rotatable bonds is 11. The van der Waals surface area contributed by atoms with E-state index in [2.05, 4.69) is 45.4 Å². The highest BCUT2D eigenvalue weighted by molar-refractivity contribution is 6.70. The van der Waals surface area contributed by atoms with Gasteiger partial charge in [-0.2, -0.15) is 0 Å². The lowest BCUT2D eigenvalue weighted by molar-refractivity contribution is -0.121. The molecule has 0 N–H and O–H groups in total. The maximum atomic E-state index is 12.0. The largest absolute Gasteiger partial charge is 0.411 e. The average molecular weight is 383 g/mol. The van der Waals surface area contributed by atoms with E-state index >= 15 is 0 Å². The van der Waals surface area contributed by atoms with Gasteiger partial charge in [0.15, 0.2) is 28.2 Å². The molecule has 1 atom stereocenters. The van der Waals surface area contributed by atoms with E-state index in [4.69, 9.17) is 8.85 Å². The van der Waals surface area contributed by atoms with E-state index < -0.39 is 16.6 Å². The Morgan fingerprint density at radius 1 is 1.16 bits per heavy atom. The van der Waals surface area contributed by atoms with Gasteiger partial charge in [-0.1, -0.05) is 12.2 Å². The first kappa shape index (κ1) is 22.2. The molecular formula is C19H34O4Si2. The smallest absolute Gasteiger partial charge is 0.184 e. The molecule has 6 heteroatoms. The number of carbonyl (C=O) groups is 2. The van der Waals surface area contributed by atoms with E-state index in [1.165, 1.54) is 0 Å². The first-order valence-electron chi connectivity index (χ1n) is 9.19. The number of carbonyl (C=O) groups excluding carboxylic acids is 2. The lowest BCUT2D eigenvalue weighted by atomic mass is 10.1. The number of Topliss-reactive ketones (excluding diaryl/α,β-unsaturated/α-hetero) is 2. The summed E-state index contributed by atoms with van der Waals surface area (Å²) in [5, 5.41) is 0. The fourth-order valence-electron chi connectivity index (χ4n) is 2.52. The predicted octanol–water partition coefficient (Wildman–Crippen LogP) is 4.64. The lowest BCUT2D eigenvalue weighted by Gasteiger charge is -2.21. The van der Waals surface area contributed by atoms with Crippen molar-refractivity contribution in [1.29, 1.82) is 0 Å². The van der Waals surface area contributed by atoms with Crippen LogP contribution < -0.4 is 0 Å². The minimum Gasteiger partial charge on any atom is -0.411 e. The molecule has 0 radical (unpaired) electrons. The second-order valence-electron chi connectivity index (χ2n) is 8.60. The van der Waals surface area contributed by atoms with Crippen molar-refractivity contribution in [3.05, 3.63) is 23.8 Å². The van der Waals surface area contributed by atoms with Crippen molar-refractivity contribution >= 4 is 28.2 Å². The molecule has 4 nitrogen and oxygen atoms in total. The van der Waals surface area contributed by atoms with Crippen LogP contribution in [0, 0.1) is 0 Å². The number of unbranched alkanes of at least 4 members (excludes halogenated alkanes) is 1. The molecule has 0 unspecified atom stereocenters. The van der Waals surface area contributed by atoms with Crippen molar-refractivity contribution in [3.63, 3.8) is 0 Å². The van der Waals surface area contributed by atoms with Crippen LogP contribution in [0.4, 0.5) is 0 Å². The summed E-state index contributed by atoms with van der Waals surface area (Å²) in [6.07, 6.45) is 9.44. The molecule has 1 aliphatic rings. The van der Waals surface area contributed by atoms with Crippen molar-refractivity contribution in [2.75, 3.05) is 6.61 Å². The molecule has 0 aromatic rings. The normalized spacial score (nSPS) is 18.9. The zero-order chi connectivity index (χ0) is 19.1. The zero-order valence-electron chi connectivity index (χ0n) is 16.7. The Balaban J connectivity index is 2.24. The van der Waals surface area contributed by atoms with E-state index in [-0.39, 0.29) is 24.3 Å². The molecule has 25 heavy (non-hydrogen) atoms. The van der Waals surface area contributed by atoms with Gasteiger partial charge in [-0.05, 0) is 70.2 Å². The molecule has 1 rings (SSSR count). The molecule has 0 saturated carbocycles. The summed E-state index contributed by atoms with van der Waals surface area (Å²) in [4.78, 5) is 23.7. The van der Waals surface area contributed by atoms with Crippen molar-refractivity contribution in [1.82, 2.24) is 0 Å². The number of allylic oxidation sites excluding steroid dienone is 3. The van der Waals surface area contributed by atoms with Gasteiger partial charge in [0.2, 0.25) is 0 Å². The van der Waals surface area contributed by atoms with Crippen LogP contribution in [-0.2, 0) is 18.4 Å². The third kappa shape index (κ3) is 10.7. The minimum atomic E-state index is -1.61. The molecule has 0 amide bonds. The molecule has 0 fully saturated rings. The summed E-state index contributed by atoms with van der Waals surface area (Å²) in [5.41, 5.74) is 0.860. The first-order valence-corrected chi connectivity index (χ1v) is 16.0. The predicted molar refractivity (Wildman–Crippen MR) is 108 cm³/mol. The Labute approximate surface area is 154 Å². The molecule has 1 aliphatic carbocycles. The van der Waals surface area contributed by atoms with Gasteiger partial charge in [0.1, 0.15) is 0 Å². The average Bonchev–Trinajstić information content (AvgIpc) is 2.77. The van der Waals surface area contributed by atoms with Crippen LogP contribution >= 0.6 is 0 Å². The monoisotopic (exact) mass is 382 g/mol. The SMILES string of the molecule is C[Si](C)(C)OCC(=O)CCC/C=C\CC1=C[C@H](O[Si](C)(C)C)CC1=O. The molecule has 142 valence electrons. The Bertz CT molecular complexity index is 525. The highest BCUT2D eigenvalue weighted by atomic mass is 28.4. The Kier molecular flexibility index (Phi) is 8.67. The molecule has 0 bridgehead atoms. The van der Waals surface area contributed by atoms with Crippen LogP contribution in [0.3, 0.4) is 0 Å². The van der Waals surface area contributed by atoms with Crippen LogP contribution in [0.15, 0.2) is 23.8 Å². The first-order chi connectivity index (χ1) is 11.5. The molecule has 0 saturated heterocycles. The summed E-state index contributed by atoms with van der Waals surface area (Å²) in [7, 11) is -3.22. The van der Waals surface area contributed by atoms with Gasteiger partial charge in [-0.3, -0.25) is 9.59 Å². The lowest BCUT2D eigenvalue weighted by Crippen LogP contribution is -2.30. The minimum absolute atomic E-state index is 0.0356. The Morgan fingerprint density at radius 2 is 1.84 bits per heavy atom. The number of ketones is 2. The molecule has 0 aromatic heterocycles. The summed E-state index contributed by atoms with van der Waals surface area (Å²) in [6, 6.07) is 0. The fraction of sp³-hybridized carbons (Fsp3) is 0.684. The van der Waals surface area contributed by atoms with Gasteiger partial charge in [0, 0.05) is 12.8 Å².